The molecule has 1 unspecified atom stereocenters. The zero-order valence-electron chi connectivity index (χ0n) is 13.8. The smallest absolute Gasteiger partial charge is 0.235 e. The number of halogens is 1. The van der Waals surface area contributed by atoms with Crippen LogP contribution in [0.1, 0.15) is 44.7 Å². The van der Waals surface area contributed by atoms with Gasteiger partial charge in [-0.25, -0.2) is 0 Å². The molecule has 0 bridgehead atoms. The molecule has 0 N–H and O–H groups in total. The molecule has 1 aliphatic carbocycles. The molecule has 1 atom stereocenters. The van der Waals surface area contributed by atoms with Crippen molar-refractivity contribution in [3.63, 3.8) is 0 Å². The number of hydrogen-bond acceptors (Lipinski definition) is 3. The molecule has 1 aliphatic heterocycles. The van der Waals surface area contributed by atoms with Crippen molar-refractivity contribution in [1.82, 2.24) is 10.1 Å². The van der Waals surface area contributed by atoms with Crippen LogP contribution in [0.5, 0.6) is 0 Å². The largest absolute Gasteiger partial charge is 0.356 e. The molecule has 1 saturated carbocycles. The number of hydrogen-bond donors (Lipinski definition) is 0. The van der Waals surface area contributed by atoms with E-state index < -0.39 is 5.41 Å². The monoisotopic (exact) mass is 344 g/mol. The lowest BCUT2D eigenvalue weighted by Crippen LogP contribution is -2.47. The van der Waals surface area contributed by atoms with E-state index in [0.717, 1.165) is 43.5 Å². The highest BCUT2D eigenvalue weighted by molar-refractivity contribution is 6.30. The topological polar surface area (TPSA) is 46.3 Å². The molecule has 2 fully saturated rings. The molecule has 5 heteroatoms. The Bertz CT molecular complexity index is 749. The molecule has 2 heterocycles. The summed E-state index contributed by atoms with van der Waals surface area (Å²) in [6, 6.07) is 9.70. The summed E-state index contributed by atoms with van der Waals surface area (Å²) in [4.78, 5) is 15.2. The normalized spacial score (nSPS) is 22.4. The van der Waals surface area contributed by atoms with E-state index in [1.807, 2.05) is 35.2 Å². The number of likely N-dealkylation sites (tertiary alicyclic amines) is 1. The van der Waals surface area contributed by atoms with Gasteiger partial charge in [0.1, 0.15) is 0 Å². The molecule has 4 rings (SSSR count). The van der Waals surface area contributed by atoms with E-state index in [4.69, 9.17) is 16.1 Å². The van der Waals surface area contributed by atoms with Crippen LogP contribution in [-0.2, 0) is 10.2 Å². The number of carbonyl (C=O) groups excluding carboxylic acids is 1. The van der Waals surface area contributed by atoms with Crippen molar-refractivity contribution in [2.45, 2.75) is 50.5 Å². The lowest BCUT2D eigenvalue weighted by Gasteiger charge is -2.35. The molecule has 126 valence electrons. The standard InChI is InChI=1S/C19H21ClN2O2/c1-13-4-2-3-11-22(13)18(23)19(9-10-19)17-12-16(24-21-17)14-5-7-15(20)8-6-14/h5-8,12-13H,2-4,9-11H2,1H3. The third-order valence-corrected chi connectivity index (χ3v) is 5.60. The Balaban J connectivity index is 1.59. The van der Waals surface area contributed by atoms with Gasteiger partial charge in [0.25, 0.3) is 0 Å². The zero-order chi connectivity index (χ0) is 16.7. The Morgan fingerprint density at radius 1 is 1.29 bits per heavy atom. The third-order valence-electron chi connectivity index (χ3n) is 5.35. The van der Waals surface area contributed by atoms with Gasteiger partial charge < -0.3 is 9.42 Å². The SMILES string of the molecule is CC1CCCCN1C(=O)C1(c2cc(-c3ccc(Cl)cc3)on2)CC1. The Morgan fingerprint density at radius 3 is 2.71 bits per heavy atom. The van der Waals surface area contributed by atoms with Gasteiger partial charge in [-0.1, -0.05) is 16.8 Å². The molecular formula is C19H21ClN2O2. The van der Waals surface area contributed by atoms with Gasteiger partial charge in [-0.3, -0.25) is 4.79 Å². The second-order valence-corrected chi connectivity index (χ2v) is 7.45. The number of benzene rings is 1. The maximum absolute atomic E-state index is 13.1. The second kappa shape index (κ2) is 5.92. The average molecular weight is 345 g/mol. The van der Waals surface area contributed by atoms with Crippen LogP contribution in [0.25, 0.3) is 11.3 Å². The summed E-state index contributed by atoms with van der Waals surface area (Å²) in [5.41, 5.74) is 1.24. The van der Waals surface area contributed by atoms with Crippen molar-refractivity contribution < 1.29 is 9.32 Å². The van der Waals surface area contributed by atoms with Crippen LogP contribution in [0.4, 0.5) is 0 Å². The lowest BCUT2D eigenvalue weighted by atomic mass is 9.95. The number of rotatable bonds is 3. The van der Waals surface area contributed by atoms with Gasteiger partial charge >= 0.3 is 0 Å². The summed E-state index contributed by atoms with van der Waals surface area (Å²) in [7, 11) is 0. The minimum Gasteiger partial charge on any atom is -0.356 e. The van der Waals surface area contributed by atoms with E-state index in [1.165, 1.54) is 6.42 Å². The Kier molecular flexibility index (Phi) is 3.87. The molecule has 4 nitrogen and oxygen atoms in total. The van der Waals surface area contributed by atoms with E-state index in [1.54, 1.807) is 0 Å². The van der Waals surface area contributed by atoms with E-state index in [9.17, 15) is 4.79 Å². The van der Waals surface area contributed by atoms with Crippen molar-refractivity contribution in [3.8, 4) is 11.3 Å². The average Bonchev–Trinajstić information content (AvgIpc) is 3.26. The predicted molar refractivity (Wildman–Crippen MR) is 92.9 cm³/mol. The highest BCUT2D eigenvalue weighted by atomic mass is 35.5. The first-order chi connectivity index (χ1) is 11.6. The summed E-state index contributed by atoms with van der Waals surface area (Å²) < 4.78 is 5.52. The first-order valence-corrected chi connectivity index (χ1v) is 9.02. The van der Waals surface area contributed by atoms with E-state index in [0.29, 0.717) is 16.8 Å². The highest BCUT2D eigenvalue weighted by Gasteiger charge is 2.56. The van der Waals surface area contributed by atoms with Crippen molar-refractivity contribution >= 4 is 17.5 Å². The highest BCUT2D eigenvalue weighted by Crippen LogP contribution is 2.50. The van der Waals surface area contributed by atoms with E-state index in [-0.39, 0.29) is 5.91 Å². The summed E-state index contributed by atoms with van der Waals surface area (Å²) >= 11 is 5.93. The molecule has 24 heavy (non-hydrogen) atoms. The van der Waals surface area contributed by atoms with E-state index in [2.05, 4.69) is 12.1 Å². The van der Waals surface area contributed by atoms with Crippen LogP contribution in [0, 0.1) is 0 Å². The van der Waals surface area contributed by atoms with Crippen LogP contribution < -0.4 is 0 Å². The van der Waals surface area contributed by atoms with Crippen LogP contribution in [0.15, 0.2) is 34.9 Å². The molecule has 0 radical (unpaired) electrons. The number of amides is 1. The van der Waals surface area contributed by atoms with Gasteiger partial charge in [-0.15, -0.1) is 0 Å². The molecule has 2 aliphatic rings. The van der Waals surface area contributed by atoms with Crippen LogP contribution in [-0.4, -0.2) is 28.6 Å². The Morgan fingerprint density at radius 2 is 2.04 bits per heavy atom. The maximum Gasteiger partial charge on any atom is 0.235 e. The number of aromatic nitrogens is 1. The summed E-state index contributed by atoms with van der Waals surface area (Å²) in [5, 5.41) is 4.92. The van der Waals surface area contributed by atoms with E-state index >= 15 is 0 Å². The quantitative estimate of drug-likeness (QED) is 0.827. The predicted octanol–water partition coefficient (Wildman–Crippen LogP) is 4.43. The zero-order valence-corrected chi connectivity index (χ0v) is 14.6. The lowest BCUT2D eigenvalue weighted by molar-refractivity contribution is -0.137. The summed E-state index contributed by atoms with van der Waals surface area (Å²) in [6.07, 6.45) is 5.13. The van der Waals surface area contributed by atoms with Crippen LogP contribution in [0.2, 0.25) is 5.02 Å². The Labute approximate surface area is 146 Å². The molecule has 1 aromatic carbocycles. The maximum atomic E-state index is 13.1. The minimum atomic E-state index is -0.459. The molecule has 2 aromatic rings. The van der Waals surface area contributed by atoms with Gasteiger partial charge in [0.15, 0.2) is 5.76 Å². The summed E-state index contributed by atoms with van der Waals surface area (Å²) in [5.74, 6) is 0.915. The molecule has 1 saturated heterocycles. The fourth-order valence-electron chi connectivity index (χ4n) is 3.63. The fraction of sp³-hybridized carbons (Fsp3) is 0.474. The summed E-state index contributed by atoms with van der Waals surface area (Å²) in [6.45, 7) is 3.01. The van der Waals surface area contributed by atoms with Gasteiger partial charge in [0.05, 0.1) is 11.1 Å². The number of nitrogens with zero attached hydrogens (tertiary/aromatic N) is 2. The minimum absolute atomic E-state index is 0.227. The molecule has 1 amide bonds. The molecule has 1 aromatic heterocycles. The second-order valence-electron chi connectivity index (χ2n) is 7.01. The van der Waals surface area contributed by atoms with Crippen molar-refractivity contribution in [3.05, 3.63) is 41.0 Å². The Hall–Kier alpha value is -1.81. The van der Waals surface area contributed by atoms with Crippen LogP contribution >= 0.6 is 11.6 Å². The molecule has 0 spiro atoms. The van der Waals surface area contributed by atoms with Crippen molar-refractivity contribution in [1.29, 1.82) is 0 Å². The number of carbonyl (C=O) groups is 1. The number of piperidine rings is 1. The van der Waals surface area contributed by atoms with Gasteiger partial charge in [-0.05, 0) is 63.3 Å². The van der Waals surface area contributed by atoms with Crippen LogP contribution in [0.3, 0.4) is 0 Å². The first-order valence-electron chi connectivity index (χ1n) is 8.64. The van der Waals surface area contributed by atoms with Crippen molar-refractivity contribution in [2.24, 2.45) is 0 Å². The third kappa shape index (κ3) is 2.63. The fourth-order valence-corrected chi connectivity index (χ4v) is 3.76. The van der Waals surface area contributed by atoms with Gasteiger partial charge in [0.2, 0.25) is 5.91 Å². The van der Waals surface area contributed by atoms with Gasteiger partial charge in [-0.2, -0.15) is 0 Å². The van der Waals surface area contributed by atoms with Gasteiger partial charge in [0, 0.05) is 29.2 Å². The van der Waals surface area contributed by atoms with Crippen molar-refractivity contribution in [2.75, 3.05) is 6.54 Å². The molecular weight excluding hydrogens is 324 g/mol. The first kappa shape index (κ1) is 15.7.